The number of hydrogen-bond acceptors (Lipinski definition) is 3. The predicted octanol–water partition coefficient (Wildman–Crippen LogP) is 2.73. The zero-order valence-corrected chi connectivity index (χ0v) is 9.98. The molecule has 0 radical (unpaired) electrons. The van der Waals surface area contributed by atoms with E-state index in [1.54, 1.807) is 6.92 Å². The van der Waals surface area contributed by atoms with Crippen LogP contribution in [0.5, 0.6) is 0 Å². The number of carbonyl (C=O) groups is 1. The van der Waals surface area contributed by atoms with E-state index >= 15 is 0 Å². The van der Waals surface area contributed by atoms with Gasteiger partial charge in [0.15, 0.2) is 0 Å². The molecule has 0 aliphatic heterocycles. The molecule has 0 aromatic carbocycles. The van der Waals surface area contributed by atoms with Crippen LogP contribution in [0.2, 0.25) is 0 Å². The van der Waals surface area contributed by atoms with Crippen LogP contribution in [0.3, 0.4) is 0 Å². The lowest BCUT2D eigenvalue weighted by Crippen LogP contribution is -2.22. The Labute approximate surface area is 90.3 Å². The minimum atomic E-state index is -0.375. The summed E-state index contributed by atoms with van der Waals surface area (Å²) in [7, 11) is 0. The van der Waals surface area contributed by atoms with Crippen LogP contribution in [-0.2, 0) is 4.74 Å². The Morgan fingerprint density at radius 1 is 1.57 bits per heavy atom. The molecule has 0 saturated carbocycles. The molecule has 0 aliphatic carbocycles. The Balaban J connectivity index is 4.06. The van der Waals surface area contributed by atoms with Crippen LogP contribution < -0.4 is 0 Å². The van der Waals surface area contributed by atoms with Crippen molar-refractivity contribution in [1.82, 2.24) is 4.31 Å². The number of amides is 1. The predicted molar refractivity (Wildman–Crippen MR) is 59.6 cm³/mol. The Morgan fingerprint density at radius 3 is 2.64 bits per heavy atom. The van der Waals surface area contributed by atoms with Crippen molar-refractivity contribution >= 4 is 18.0 Å². The van der Waals surface area contributed by atoms with E-state index in [0.29, 0.717) is 12.5 Å². The molecule has 0 unspecified atom stereocenters. The number of rotatable bonds is 4. The maximum atomic E-state index is 11.4. The molecule has 0 spiro atoms. The van der Waals surface area contributed by atoms with Crippen molar-refractivity contribution < 1.29 is 9.53 Å². The highest BCUT2D eigenvalue weighted by Crippen LogP contribution is 2.10. The lowest BCUT2D eigenvalue weighted by Gasteiger charge is -2.14. The van der Waals surface area contributed by atoms with E-state index < -0.39 is 0 Å². The summed E-state index contributed by atoms with van der Waals surface area (Å²) in [5, 5.41) is 0. The van der Waals surface area contributed by atoms with Gasteiger partial charge in [0.2, 0.25) is 0 Å². The lowest BCUT2D eigenvalue weighted by atomic mass is 10.2. The van der Waals surface area contributed by atoms with Crippen LogP contribution in [0, 0.1) is 17.9 Å². The normalized spacial score (nSPS) is 9.21. The van der Waals surface area contributed by atoms with Crippen molar-refractivity contribution in [2.75, 3.05) is 12.4 Å². The first-order chi connectivity index (χ1) is 6.61. The van der Waals surface area contributed by atoms with Gasteiger partial charge in [0, 0.05) is 11.8 Å². The summed E-state index contributed by atoms with van der Waals surface area (Å²) in [5.41, 5.74) is 0. The molecule has 0 fully saturated rings. The van der Waals surface area contributed by atoms with Crippen LogP contribution in [-0.4, -0.2) is 22.8 Å². The molecule has 0 rings (SSSR count). The maximum Gasteiger partial charge on any atom is 0.432 e. The summed E-state index contributed by atoms with van der Waals surface area (Å²) in [6.45, 7) is 8.08. The first kappa shape index (κ1) is 13.2. The topological polar surface area (TPSA) is 29.5 Å². The van der Waals surface area contributed by atoms with Gasteiger partial charge in [-0.1, -0.05) is 26.7 Å². The van der Waals surface area contributed by atoms with E-state index in [1.165, 1.54) is 16.3 Å². The Kier molecular flexibility index (Phi) is 7.13. The first-order valence-electron chi connectivity index (χ1n) is 4.64. The second-order valence-electron chi connectivity index (χ2n) is 3.04. The highest BCUT2D eigenvalue weighted by atomic mass is 32.2. The molecule has 14 heavy (non-hydrogen) atoms. The fourth-order valence-corrected chi connectivity index (χ4v) is 1.23. The smallest absolute Gasteiger partial charge is 0.432 e. The number of hydrogen-bond donors (Lipinski definition) is 0. The molecular weight excluding hydrogens is 198 g/mol. The van der Waals surface area contributed by atoms with Gasteiger partial charge in [0.1, 0.15) is 0 Å². The molecule has 0 heterocycles. The monoisotopic (exact) mass is 215 g/mol. The molecule has 0 bridgehead atoms. The van der Waals surface area contributed by atoms with E-state index in [1.807, 2.05) is 20.8 Å². The summed E-state index contributed by atoms with van der Waals surface area (Å²) < 4.78 is 6.37. The number of ether oxygens (including phenoxy) is 1. The third-order valence-electron chi connectivity index (χ3n) is 1.18. The largest absolute Gasteiger partial charge is 0.448 e. The van der Waals surface area contributed by atoms with Gasteiger partial charge in [-0.25, -0.2) is 4.79 Å². The minimum Gasteiger partial charge on any atom is -0.448 e. The van der Waals surface area contributed by atoms with Gasteiger partial charge in [-0.05, 0) is 24.8 Å². The lowest BCUT2D eigenvalue weighted by molar-refractivity contribution is 0.125. The Bertz CT molecular complexity index is 230. The fourth-order valence-electron chi connectivity index (χ4n) is 0.658. The third-order valence-corrected chi connectivity index (χ3v) is 1.93. The van der Waals surface area contributed by atoms with Crippen LogP contribution in [0.1, 0.15) is 27.7 Å². The minimum absolute atomic E-state index is 0.349. The Morgan fingerprint density at radius 2 is 2.21 bits per heavy atom. The van der Waals surface area contributed by atoms with Crippen LogP contribution in [0.4, 0.5) is 4.79 Å². The molecule has 0 aliphatic rings. The van der Waals surface area contributed by atoms with Crippen molar-refractivity contribution in [2.24, 2.45) is 5.92 Å². The zero-order valence-electron chi connectivity index (χ0n) is 9.16. The second-order valence-corrected chi connectivity index (χ2v) is 4.25. The van der Waals surface area contributed by atoms with Crippen molar-refractivity contribution in [1.29, 1.82) is 0 Å². The van der Waals surface area contributed by atoms with Gasteiger partial charge >= 0.3 is 6.09 Å². The molecule has 4 heteroatoms. The molecule has 0 saturated heterocycles. The van der Waals surface area contributed by atoms with Gasteiger partial charge in [-0.2, -0.15) is 4.31 Å². The average Bonchev–Trinajstić information content (AvgIpc) is 2.14. The number of carbonyl (C=O) groups excluding carboxylic acids is 1. The standard InChI is InChI=1S/C10H17NO2S/c1-5-7-11(14-6-2)10(12)13-8-9(3)4/h9H,6,8H2,1-4H3. The molecule has 0 aromatic heterocycles. The van der Waals surface area contributed by atoms with E-state index in [9.17, 15) is 4.79 Å². The van der Waals surface area contributed by atoms with Crippen molar-refractivity contribution in [2.45, 2.75) is 27.7 Å². The SMILES string of the molecule is CC#CN(SCC)C(=O)OCC(C)C. The molecule has 0 atom stereocenters. The van der Waals surface area contributed by atoms with Gasteiger partial charge < -0.3 is 4.74 Å². The summed E-state index contributed by atoms with van der Waals surface area (Å²) in [4.78, 5) is 11.4. The highest BCUT2D eigenvalue weighted by molar-refractivity contribution is 7.97. The van der Waals surface area contributed by atoms with Gasteiger partial charge in [-0.3, -0.25) is 0 Å². The van der Waals surface area contributed by atoms with Crippen molar-refractivity contribution in [3.8, 4) is 12.0 Å². The van der Waals surface area contributed by atoms with Gasteiger partial charge in [-0.15, -0.1) is 0 Å². The zero-order chi connectivity index (χ0) is 11.0. The number of nitrogens with zero attached hydrogens (tertiary/aromatic N) is 1. The highest BCUT2D eigenvalue weighted by Gasteiger charge is 2.12. The first-order valence-corrected chi connectivity index (χ1v) is 5.58. The molecule has 1 amide bonds. The van der Waals surface area contributed by atoms with Crippen LogP contribution in [0.25, 0.3) is 0 Å². The van der Waals surface area contributed by atoms with Crippen LogP contribution in [0.15, 0.2) is 0 Å². The Hall–Kier alpha value is -0.820. The molecule has 0 N–H and O–H groups in total. The maximum absolute atomic E-state index is 11.4. The van der Waals surface area contributed by atoms with Gasteiger partial charge in [0.25, 0.3) is 0 Å². The summed E-state index contributed by atoms with van der Waals surface area (Å²) in [5.74, 6) is 3.82. The fraction of sp³-hybridized carbons (Fsp3) is 0.700. The van der Waals surface area contributed by atoms with Gasteiger partial charge in [0.05, 0.1) is 6.61 Å². The van der Waals surface area contributed by atoms with Crippen molar-refractivity contribution in [3.05, 3.63) is 0 Å². The third kappa shape index (κ3) is 5.76. The molecule has 3 nitrogen and oxygen atoms in total. The average molecular weight is 215 g/mol. The van der Waals surface area contributed by atoms with Crippen LogP contribution >= 0.6 is 11.9 Å². The summed E-state index contributed by atoms with van der Waals surface area (Å²) in [6, 6.07) is 2.68. The van der Waals surface area contributed by atoms with Crippen molar-refractivity contribution in [3.63, 3.8) is 0 Å². The molecule has 0 aromatic rings. The van der Waals surface area contributed by atoms with E-state index in [0.717, 1.165) is 5.75 Å². The summed E-state index contributed by atoms with van der Waals surface area (Å²) in [6.07, 6.45) is -0.375. The summed E-state index contributed by atoms with van der Waals surface area (Å²) >= 11 is 1.35. The van der Waals surface area contributed by atoms with E-state index in [4.69, 9.17) is 4.74 Å². The molecular formula is C10H17NO2S. The quantitative estimate of drug-likeness (QED) is 0.410. The van der Waals surface area contributed by atoms with E-state index in [-0.39, 0.29) is 6.09 Å². The second kappa shape index (κ2) is 7.57. The van der Waals surface area contributed by atoms with E-state index in [2.05, 4.69) is 12.0 Å². The molecule has 80 valence electrons.